The lowest BCUT2D eigenvalue weighted by atomic mass is 9.98. The third-order valence-corrected chi connectivity index (χ3v) is 4.64. The Morgan fingerprint density at radius 2 is 1.81 bits per heavy atom. The van der Waals surface area contributed by atoms with Gasteiger partial charge in [-0.3, -0.25) is 9.36 Å². The molecule has 0 atom stereocenters. The van der Waals surface area contributed by atoms with Gasteiger partial charge in [0, 0.05) is 27.5 Å². The monoisotopic (exact) mass is 339 g/mol. The van der Waals surface area contributed by atoms with Crippen molar-refractivity contribution in [2.24, 2.45) is 0 Å². The van der Waals surface area contributed by atoms with Gasteiger partial charge in [0.1, 0.15) is 0 Å². The fourth-order valence-electron chi connectivity index (χ4n) is 3.28. The molecule has 104 valence electrons. The molecule has 1 aliphatic heterocycles. The van der Waals surface area contributed by atoms with Crippen LogP contribution in [-0.2, 0) is 6.42 Å². The first-order valence-electron chi connectivity index (χ1n) is 7.17. The molecule has 0 bridgehead atoms. The van der Waals surface area contributed by atoms with E-state index >= 15 is 0 Å². The fourth-order valence-corrected chi connectivity index (χ4v) is 3.64. The largest absolute Gasteiger partial charge is 0.284 e. The van der Waals surface area contributed by atoms with Gasteiger partial charge in [0.05, 0.1) is 5.52 Å². The van der Waals surface area contributed by atoms with Crippen LogP contribution in [0, 0.1) is 0 Å². The molecule has 2 heterocycles. The molecular formula is C18H14BrNO. The number of hydrogen-bond donors (Lipinski definition) is 0. The molecule has 0 radical (unpaired) electrons. The van der Waals surface area contributed by atoms with Gasteiger partial charge in [-0.15, -0.1) is 0 Å². The molecule has 1 aromatic heterocycles. The van der Waals surface area contributed by atoms with Crippen molar-refractivity contribution in [3.63, 3.8) is 0 Å². The zero-order valence-electron chi connectivity index (χ0n) is 11.5. The van der Waals surface area contributed by atoms with E-state index in [-0.39, 0.29) is 5.91 Å². The van der Waals surface area contributed by atoms with Crippen LogP contribution in [0.5, 0.6) is 0 Å². The Morgan fingerprint density at radius 3 is 2.62 bits per heavy atom. The van der Waals surface area contributed by atoms with Crippen LogP contribution >= 0.6 is 15.9 Å². The van der Waals surface area contributed by atoms with Crippen molar-refractivity contribution in [2.75, 3.05) is 0 Å². The summed E-state index contributed by atoms with van der Waals surface area (Å²) in [6.45, 7) is 0. The molecule has 4 rings (SSSR count). The van der Waals surface area contributed by atoms with Gasteiger partial charge in [-0.2, -0.15) is 0 Å². The Labute approximate surface area is 131 Å². The minimum Gasteiger partial charge on any atom is -0.284 e. The second kappa shape index (κ2) is 4.85. The summed E-state index contributed by atoms with van der Waals surface area (Å²) in [6.07, 6.45) is 2.54. The van der Waals surface area contributed by atoms with Gasteiger partial charge in [0.15, 0.2) is 0 Å². The molecule has 0 unspecified atom stereocenters. The predicted octanol–water partition coefficient (Wildman–Crippen LogP) is 5.05. The first kappa shape index (κ1) is 12.8. The molecule has 0 saturated heterocycles. The van der Waals surface area contributed by atoms with Crippen LogP contribution in [0.1, 0.15) is 23.3 Å². The first-order valence-corrected chi connectivity index (χ1v) is 7.96. The number of carbonyl (C=O) groups excluding carboxylic acids is 1. The average Bonchev–Trinajstić information content (AvgIpc) is 2.82. The normalized spacial score (nSPS) is 14.4. The Morgan fingerprint density at radius 1 is 1.00 bits per heavy atom. The van der Waals surface area contributed by atoms with Crippen LogP contribution in [-0.4, -0.2) is 10.5 Å². The molecule has 1 aliphatic rings. The first-order chi connectivity index (χ1) is 10.3. The fraction of sp³-hybridized carbons (Fsp3) is 0.167. The zero-order chi connectivity index (χ0) is 14.4. The topological polar surface area (TPSA) is 22.0 Å². The van der Waals surface area contributed by atoms with Gasteiger partial charge < -0.3 is 0 Å². The van der Waals surface area contributed by atoms with Crippen LogP contribution in [0.15, 0.2) is 53.0 Å². The minimum absolute atomic E-state index is 0.214. The molecule has 0 N–H and O–H groups in total. The van der Waals surface area contributed by atoms with Crippen molar-refractivity contribution in [2.45, 2.75) is 19.3 Å². The smallest absolute Gasteiger partial charge is 0.231 e. The van der Waals surface area contributed by atoms with E-state index in [4.69, 9.17) is 0 Å². The number of hydrogen-bond acceptors (Lipinski definition) is 1. The molecule has 0 aliphatic carbocycles. The second-order valence-corrected chi connectivity index (χ2v) is 6.35. The van der Waals surface area contributed by atoms with Crippen molar-refractivity contribution in [1.29, 1.82) is 0 Å². The summed E-state index contributed by atoms with van der Waals surface area (Å²) in [7, 11) is 0. The highest BCUT2D eigenvalue weighted by atomic mass is 79.9. The van der Waals surface area contributed by atoms with Crippen LogP contribution in [0.3, 0.4) is 0 Å². The number of rotatable bonds is 1. The lowest BCUT2D eigenvalue weighted by Crippen LogP contribution is -2.18. The van der Waals surface area contributed by atoms with E-state index in [1.807, 2.05) is 34.9 Å². The van der Waals surface area contributed by atoms with Crippen LogP contribution in [0.25, 0.3) is 22.0 Å². The minimum atomic E-state index is 0.214. The molecule has 2 aromatic carbocycles. The van der Waals surface area contributed by atoms with E-state index in [9.17, 15) is 4.79 Å². The maximum atomic E-state index is 12.4. The van der Waals surface area contributed by atoms with E-state index in [1.165, 1.54) is 11.1 Å². The maximum Gasteiger partial charge on any atom is 0.231 e. The summed E-state index contributed by atoms with van der Waals surface area (Å²) in [6, 6.07) is 16.5. The molecule has 21 heavy (non-hydrogen) atoms. The van der Waals surface area contributed by atoms with Crippen molar-refractivity contribution in [3.05, 3.63) is 58.7 Å². The van der Waals surface area contributed by atoms with Crippen molar-refractivity contribution in [3.8, 4) is 11.1 Å². The molecule has 2 nitrogen and oxygen atoms in total. The van der Waals surface area contributed by atoms with Gasteiger partial charge in [-0.05, 0) is 36.6 Å². The summed E-state index contributed by atoms with van der Waals surface area (Å²) in [5.74, 6) is 0.214. The summed E-state index contributed by atoms with van der Waals surface area (Å²) < 4.78 is 2.97. The lowest BCUT2D eigenvalue weighted by Gasteiger charge is -2.16. The summed E-state index contributed by atoms with van der Waals surface area (Å²) in [4.78, 5) is 12.4. The van der Waals surface area contributed by atoms with Gasteiger partial charge in [0.2, 0.25) is 5.91 Å². The second-order valence-electron chi connectivity index (χ2n) is 5.43. The summed E-state index contributed by atoms with van der Waals surface area (Å²) in [5.41, 5.74) is 4.58. The van der Waals surface area contributed by atoms with Gasteiger partial charge in [-0.1, -0.05) is 46.3 Å². The summed E-state index contributed by atoms with van der Waals surface area (Å²) in [5, 5.41) is 1.15. The number of benzene rings is 2. The molecule has 0 spiro atoms. The van der Waals surface area contributed by atoms with E-state index in [1.54, 1.807) is 0 Å². The van der Waals surface area contributed by atoms with Gasteiger partial charge in [-0.25, -0.2) is 0 Å². The van der Waals surface area contributed by atoms with Gasteiger partial charge >= 0.3 is 0 Å². The molecule has 3 aromatic rings. The van der Waals surface area contributed by atoms with Crippen LogP contribution in [0.2, 0.25) is 0 Å². The summed E-state index contributed by atoms with van der Waals surface area (Å²) >= 11 is 3.55. The molecule has 0 saturated carbocycles. The SMILES string of the molecule is O=C1CCCc2c(-c3ccccc3)c3cc(Br)ccc3n21. The number of aromatic nitrogens is 1. The van der Waals surface area contributed by atoms with E-state index < -0.39 is 0 Å². The standard InChI is InChI=1S/C18H14BrNO/c19-13-9-10-15-14(11-13)18(12-5-2-1-3-6-12)16-7-4-8-17(21)20(15)16/h1-3,5-6,9-11H,4,7-8H2. The van der Waals surface area contributed by atoms with E-state index in [0.717, 1.165) is 33.9 Å². The van der Waals surface area contributed by atoms with Crippen molar-refractivity contribution >= 4 is 32.7 Å². The third-order valence-electron chi connectivity index (χ3n) is 4.14. The van der Waals surface area contributed by atoms with E-state index in [0.29, 0.717) is 6.42 Å². The maximum absolute atomic E-state index is 12.4. The number of fused-ring (bicyclic) bond motifs is 3. The quantitative estimate of drug-likeness (QED) is 0.608. The third kappa shape index (κ3) is 1.95. The van der Waals surface area contributed by atoms with Gasteiger partial charge in [0.25, 0.3) is 0 Å². The van der Waals surface area contributed by atoms with Crippen LogP contribution in [0.4, 0.5) is 0 Å². The average molecular weight is 340 g/mol. The predicted molar refractivity (Wildman–Crippen MR) is 88.6 cm³/mol. The number of halogens is 1. The van der Waals surface area contributed by atoms with Crippen LogP contribution < -0.4 is 0 Å². The molecule has 3 heteroatoms. The Kier molecular flexibility index (Phi) is 2.96. The Hall–Kier alpha value is -1.87. The highest BCUT2D eigenvalue weighted by Crippen LogP contribution is 2.38. The lowest BCUT2D eigenvalue weighted by molar-refractivity contribution is 0.0890. The molecular weight excluding hydrogens is 326 g/mol. The Bertz CT molecular complexity index is 849. The highest BCUT2D eigenvalue weighted by Gasteiger charge is 2.25. The Balaban J connectivity index is 2.14. The van der Waals surface area contributed by atoms with Crippen molar-refractivity contribution in [1.82, 2.24) is 4.57 Å². The number of nitrogens with zero attached hydrogens (tertiary/aromatic N) is 1. The zero-order valence-corrected chi connectivity index (χ0v) is 13.1. The van der Waals surface area contributed by atoms with Crippen molar-refractivity contribution < 1.29 is 4.79 Å². The van der Waals surface area contributed by atoms with E-state index in [2.05, 4.69) is 34.1 Å². The molecule has 0 fully saturated rings. The number of carbonyl (C=O) groups is 1. The highest BCUT2D eigenvalue weighted by molar-refractivity contribution is 9.10. The molecule has 0 amide bonds.